The van der Waals surface area contributed by atoms with Crippen LogP contribution in [0.1, 0.15) is 16.8 Å². The molecule has 0 radical (unpaired) electrons. The van der Waals surface area contributed by atoms with Crippen molar-refractivity contribution in [3.05, 3.63) is 75.8 Å². The lowest BCUT2D eigenvalue weighted by Gasteiger charge is -2.09. The van der Waals surface area contributed by atoms with Crippen molar-refractivity contribution >= 4 is 11.3 Å². The molecule has 4 heteroatoms. The van der Waals surface area contributed by atoms with Crippen molar-refractivity contribution in [2.24, 2.45) is 0 Å². The number of aryl methyl sites for hydroxylation is 2. The molecule has 0 aliphatic rings. The van der Waals surface area contributed by atoms with E-state index in [4.69, 9.17) is 0 Å². The zero-order valence-electron chi connectivity index (χ0n) is 12.1. The summed E-state index contributed by atoms with van der Waals surface area (Å²) < 4.78 is 1.58. The van der Waals surface area contributed by atoms with Gasteiger partial charge in [0.15, 0.2) is 0 Å². The second kappa shape index (κ2) is 5.40. The number of hydrogen-bond donors (Lipinski definition) is 1. The minimum absolute atomic E-state index is 0.0507. The molecule has 3 rings (SSSR count). The van der Waals surface area contributed by atoms with E-state index in [0.29, 0.717) is 12.2 Å². The largest absolute Gasteiger partial charge is 0.379 e. The van der Waals surface area contributed by atoms with Crippen LogP contribution in [0.25, 0.3) is 5.65 Å². The standard InChI is InChI=1S/C17H17N3O/c1-12-7-8-16-19-14(9-17(21)20(16)11-12)10-18-15-6-4-3-5-13(15)2/h3-9,11,18H,10H2,1-2H3. The van der Waals surface area contributed by atoms with Crippen LogP contribution in [0.2, 0.25) is 0 Å². The molecule has 3 aromatic rings. The van der Waals surface area contributed by atoms with Crippen molar-refractivity contribution in [3.63, 3.8) is 0 Å². The topological polar surface area (TPSA) is 46.4 Å². The number of nitrogens with zero attached hydrogens (tertiary/aromatic N) is 2. The minimum atomic E-state index is -0.0507. The summed E-state index contributed by atoms with van der Waals surface area (Å²) >= 11 is 0. The molecule has 1 N–H and O–H groups in total. The summed E-state index contributed by atoms with van der Waals surface area (Å²) in [7, 11) is 0. The van der Waals surface area contributed by atoms with Crippen LogP contribution in [-0.4, -0.2) is 9.38 Å². The SMILES string of the molecule is Cc1ccc2nc(CNc3ccccc3C)cc(=O)n2c1. The lowest BCUT2D eigenvalue weighted by Crippen LogP contribution is -2.17. The van der Waals surface area contributed by atoms with Gasteiger partial charge >= 0.3 is 0 Å². The summed E-state index contributed by atoms with van der Waals surface area (Å²) in [5.41, 5.74) is 4.64. The van der Waals surface area contributed by atoms with Crippen molar-refractivity contribution in [1.29, 1.82) is 0 Å². The number of fused-ring (bicyclic) bond motifs is 1. The third kappa shape index (κ3) is 2.79. The van der Waals surface area contributed by atoms with Crippen LogP contribution < -0.4 is 10.9 Å². The maximum absolute atomic E-state index is 12.1. The van der Waals surface area contributed by atoms with Crippen LogP contribution in [0.4, 0.5) is 5.69 Å². The fourth-order valence-electron chi connectivity index (χ4n) is 2.31. The van der Waals surface area contributed by atoms with E-state index >= 15 is 0 Å². The predicted octanol–water partition coefficient (Wildman–Crippen LogP) is 2.92. The van der Waals surface area contributed by atoms with Gasteiger partial charge in [0, 0.05) is 18.0 Å². The number of pyridine rings is 1. The first-order chi connectivity index (χ1) is 10.1. The van der Waals surface area contributed by atoms with Crippen molar-refractivity contribution in [2.75, 3.05) is 5.32 Å². The number of nitrogens with one attached hydrogen (secondary N) is 1. The molecule has 106 valence electrons. The molecule has 0 amide bonds. The number of para-hydroxylation sites is 1. The normalized spacial score (nSPS) is 10.8. The Morgan fingerprint density at radius 3 is 2.76 bits per heavy atom. The Kier molecular flexibility index (Phi) is 3.44. The van der Waals surface area contributed by atoms with E-state index in [9.17, 15) is 4.79 Å². The van der Waals surface area contributed by atoms with Crippen LogP contribution in [-0.2, 0) is 6.54 Å². The van der Waals surface area contributed by atoms with E-state index in [1.807, 2.05) is 56.4 Å². The van der Waals surface area contributed by atoms with E-state index in [-0.39, 0.29) is 5.56 Å². The Morgan fingerprint density at radius 1 is 1.14 bits per heavy atom. The van der Waals surface area contributed by atoms with Gasteiger partial charge in [-0.15, -0.1) is 0 Å². The smallest absolute Gasteiger partial charge is 0.258 e. The molecule has 0 atom stereocenters. The van der Waals surface area contributed by atoms with Crippen LogP contribution in [0.5, 0.6) is 0 Å². The van der Waals surface area contributed by atoms with E-state index in [0.717, 1.165) is 16.9 Å². The van der Waals surface area contributed by atoms with Gasteiger partial charge in [0.05, 0.1) is 12.2 Å². The lowest BCUT2D eigenvalue weighted by molar-refractivity contribution is 0.964. The number of rotatable bonds is 3. The van der Waals surface area contributed by atoms with Gasteiger partial charge in [-0.1, -0.05) is 24.3 Å². The number of aromatic nitrogens is 2. The molecule has 0 fully saturated rings. The quantitative estimate of drug-likeness (QED) is 0.802. The minimum Gasteiger partial charge on any atom is -0.379 e. The Balaban J connectivity index is 1.90. The fraction of sp³-hybridized carbons (Fsp3) is 0.176. The first-order valence-electron chi connectivity index (χ1n) is 6.92. The van der Waals surface area contributed by atoms with Crippen LogP contribution in [0.15, 0.2) is 53.5 Å². The number of benzene rings is 1. The van der Waals surface area contributed by atoms with Gasteiger partial charge in [0.1, 0.15) is 5.65 Å². The fourth-order valence-corrected chi connectivity index (χ4v) is 2.31. The average Bonchev–Trinajstić information content (AvgIpc) is 2.47. The molecule has 0 saturated heterocycles. The molecule has 0 unspecified atom stereocenters. The maximum atomic E-state index is 12.1. The highest BCUT2D eigenvalue weighted by atomic mass is 16.1. The van der Waals surface area contributed by atoms with E-state index in [2.05, 4.69) is 10.3 Å². The monoisotopic (exact) mass is 279 g/mol. The van der Waals surface area contributed by atoms with Crippen LogP contribution in [0.3, 0.4) is 0 Å². The van der Waals surface area contributed by atoms with Gasteiger partial charge in [-0.2, -0.15) is 0 Å². The molecular weight excluding hydrogens is 262 g/mol. The van der Waals surface area contributed by atoms with Gasteiger partial charge in [0.2, 0.25) is 0 Å². The highest BCUT2D eigenvalue weighted by molar-refractivity contribution is 5.50. The maximum Gasteiger partial charge on any atom is 0.258 e. The Hall–Kier alpha value is -2.62. The van der Waals surface area contributed by atoms with Gasteiger partial charge in [-0.05, 0) is 37.1 Å². The summed E-state index contributed by atoms with van der Waals surface area (Å²) in [5, 5.41) is 3.32. The molecule has 0 aliphatic heterocycles. The Bertz CT molecular complexity index is 852. The molecule has 0 bridgehead atoms. The summed E-state index contributed by atoms with van der Waals surface area (Å²) in [6.07, 6.45) is 1.81. The lowest BCUT2D eigenvalue weighted by atomic mass is 10.2. The van der Waals surface area contributed by atoms with Gasteiger partial charge in [-0.3, -0.25) is 9.20 Å². The molecule has 1 aromatic carbocycles. The summed E-state index contributed by atoms with van der Waals surface area (Å²) in [6, 6.07) is 13.5. The highest BCUT2D eigenvalue weighted by Gasteiger charge is 2.03. The van der Waals surface area contributed by atoms with E-state index in [1.165, 1.54) is 5.56 Å². The van der Waals surface area contributed by atoms with Gasteiger partial charge in [0.25, 0.3) is 5.56 Å². The molecule has 0 aliphatic carbocycles. The second-order valence-corrected chi connectivity index (χ2v) is 5.19. The third-order valence-electron chi connectivity index (χ3n) is 3.47. The summed E-state index contributed by atoms with van der Waals surface area (Å²) in [4.78, 5) is 16.6. The summed E-state index contributed by atoms with van der Waals surface area (Å²) in [6.45, 7) is 4.54. The number of hydrogen-bond acceptors (Lipinski definition) is 3. The second-order valence-electron chi connectivity index (χ2n) is 5.19. The van der Waals surface area contributed by atoms with Crippen molar-refractivity contribution < 1.29 is 0 Å². The van der Waals surface area contributed by atoms with E-state index < -0.39 is 0 Å². The predicted molar refractivity (Wildman–Crippen MR) is 84.7 cm³/mol. The molecule has 21 heavy (non-hydrogen) atoms. The highest BCUT2D eigenvalue weighted by Crippen LogP contribution is 2.14. The molecular formula is C17H17N3O. The molecule has 0 saturated carbocycles. The molecule has 4 nitrogen and oxygen atoms in total. The van der Waals surface area contributed by atoms with Crippen molar-refractivity contribution in [3.8, 4) is 0 Å². The molecule has 0 spiro atoms. The van der Waals surface area contributed by atoms with Crippen molar-refractivity contribution in [1.82, 2.24) is 9.38 Å². The average molecular weight is 279 g/mol. The zero-order chi connectivity index (χ0) is 14.8. The Labute approximate surface area is 123 Å². The van der Waals surface area contributed by atoms with Crippen LogP contribution >= 0.6 is 0 Å². The zero-order valence-corrected chi connectivity index (χ0v) is 12.1. The van der Waals surface area contributed by atoms with Crippen LogP contribution in [0, 0.1) is 13.8 Å². The Morgan fingerprint density at radius 2 is 1.95 bits per heavy atom. The third-order valence-corrected chi connectivity index (χ3v) is 3.47. The van der Waals surface area contributed by atoms with E-state index in [1.54, 1.807) is 10.5 Å². The van der Waals surface area contributed by atoms with Gasteiger partial charge in [-0.25, -0.2) is 4.98 Å². The first-order valence-corrected chi connectivity index (χ1v) is 6.92. The first kappa shape index (κ1) is 13.4. The summed E-state index contributed by atoms with van der Waals surface area (Å²) in [5.74, 6) is 0. The van der Waals surface area contributed by atoms with Crippen molar-refractivity contribution in [2.45, 2.75) is 20.4 Å². The van der Waals surface area contributed by atoms with Gasteiger partial charge < -0.3 is 5.32 Å². The molecule has 2 aromatic heterocycles. The molecule has 2 heterocycles. The number of anilines is 1.